The van der Waals surface area contributed by atoms with Crippen molar-refractivity contribution in [2.24, 2.45) is 11.8 Å². The van der Waals surface area contributed by atoms with Crippen molar-refractivity contribution in [3.05, 3.63) is 59.7 Å². The first-order valence-electron chi connectivity index (χ1n) is 14.7. The normalized spacial score (nSPS) is 21.5. The Bertz CT molecular complexity index is 1360. The summed E-state index contributed by atoms with van der Waals surface area (Å²) in [6.07, 6.45) is 1.65. The Balaban J connectivity index is 1.15. The lowest BCUT2D eigenvalue weighted by Gasteiger charge is -2.41. The third kappa shape index (κ3) is 6.40. The highest BCUT2D eigenvalue weighted by Crippen LogP contribution is 2.29. The highest BCUT2D eigenvalue weighted by molar-refractivity contribution is 5.96. The lowest BCUT2D eigenvalue weighted by molar-refractivity contribution is -0.133. The lowest BCUT2D eigenvalue weighted by atomic mass is 9.92. The molecule has 3 heterocycles. The van der Waals surface area contributed by atoms with E-state index >= 15 is 0 Å². The maximum atomic E-state index is 12.9. The molecule has 2 aliphatic rings. The van der Waals surface area contributed by atoms with Crippen molar-refractivity contribution in [1.29, 1.82) is 0 Å². The van der Waals surface area contributed by atoms with Crippen LogP contribution >= 0.6 is 0 Å². The van der Waals surface area contributed by atoms with Crippen LogP contribution in [0.3, 0.4) is 0 Å². The second kappa shape index (κ2) is 11.9. The number of piperidine rings is 1. The molecule has 0 spiro atoms. The van der Waals surface area contributed by atoms with Crippen molar-refractivity contribution in [3.8, 4) is 0 Å². The molecule has 2 aliphatic heterocycles. The molecule has 0 saturated carbocycles. The van der Waals surface area contributed by atoms with Crippen LogP contribution < -0.4 is 15.1 Å². The molecule has 2 aromatic carbocycles. The number of amides is 2. The van der Waals surface area contributed by atoms with Crippen LogP contribution in [0.15, 0.2) is 48.5 Å². The highest BCUT2D eigenvalue weighted by Gasteiger charge is 2.27. The first kappa shape index (κ1) is 27.9. The molecule has 0 bridgehead atoms. The molecular formula is C33H43N5O2. The summed E-state index contributed by atoms with van der Waals surface area (Å²) < 4.78 is 0. The Morgan fingerprint density at radius 1 is 0.900 bits per heavy atom. The molecule has 2 saturated heterocycles. The second-order valence-electron chi connectivity index (χ2n) is 12.1. The summed E-state index contributed by atoms with van der Waals surface area (Å²) in [5, 5.41) is 4.03. The average molecular weight is 542 g/mol. The Labute approximate surface area is 238 Å². The number of pyridine rings is 1. The number of anilines is 3. The van der Waals surface area contributed by atoms with E-state index in [1.165, 1.54) is 17.7 Å². The number of aryl methyl sites for hydroxylation is 2. The number of benzene rings is 2. The largest absolute Gasteiger partial charge is 0.365 e. The minimum Gasteiger partial charge on any atom is -0.365 e. The van der Waals surface area contributed by atoms with E-state index in [9.17, 15) is 9.59 Å². The monoisotopic (exact) mass is 541 g/mol. The van der Waals surface area contributed by atoms with Gasteiger partial charge in [0.1, 0.15) is 5.82 Å². The van der Waals surface area contributed by atoms with Gasteiger partial charge in [0.05, 0.1) is 5.52 Å². The summed E-state index contributed by atoms with van der Waals surface area (Å²) >= 11 is 0. The molecular weight excluding hydrogens is 498 g/mol. The fourth-order valence-corrected chi connectivity index (χ4v) is 6.37. The first-order chi connectivity index (χ1) is 19.2. The van der Waals surface area contributed by atoms with Gasteiger partial charge in [0.15, 0.2) is 0 Å². The van der Waals surface area contributed by atoms with Crippen molar-refractivity contribution in [2.75, 3.05) is 47.8 Å². The van der Waals surface area contributed by atoms with Gasteiger partial charge in [-0.15, -0.1) is 0 Å². The lowest BCUT2D eigenvalue weighted by Crippen LogP contribution is -2.53. The molecule has 40 heavy (non-hydrogen) atoms. The molecule has 1 N–H and O–H groups in total. The van der Waals surface area contributed by atoms with E-state index in [2.05, 4.69) is 80.1 Å². The average Bonchev–Trinajstić information content (AvgIpc) is 2.92. The first-order valence-corrected chi connectivity index (χ1v) is 14.7. The molecule has 3 aromatic rings. The number of hydrogen-bond acceptors (Lipinski definition) is 5. The molecule has 2 amide bonds. The van der Waals surface area contributed by atoms with Crippen LogP contribution in [0.4, 0.5) is 17.2 Å². The zero-order valence-corrected chi connectivity index (χ0v) is 24.6. The number of hydrogen-bond donors (Lipinski definition) is 1. The van der Waals surface area contributed by atoms with Gasteiger partial charge in [-0.05, 0) is 81.0 Å². The van der Waals surface area contributed by atoms with Gasteiger partial charge in [-0.2, -0.15) is 0 Å². The third-order valence-electron chi connectivity index (χ3n) is 8.39. The maximum Gasteiger partial charge on any atom is 0.224 e. The van der Waals surface area contributed by atoms with Crippen molar-refractivity contribution in [1.82, 2.24) is 9.88 Å². The van der Waals surface area contributed by atoms with Crippen LogP contribution in [-0.4, -0.2) is 60.5 Å². The maximum absolute atomic E-state index is 12.9. The molecule has 212 valence electrons. The van der Waals surface area contributed by atoms with Gasteiger partial charge in [-0.1, -0.05) is 31.5 Å². The molecule has 2 fully saturated rings. The van der Waals surface area contributed by atoms with Gasteiger partial charge in [0.25, 0.3) is 0 Å². The third-order valence-corrected chi connectivity index (χ3v) is 8.39. The van der Waals surface area contributed by atoms with E-state index in [1.807, 2.05) is 23.1 Å². The molecule has 0 unspecified atom stereocenters. The molecule has 7 nitrogen and oxygen atoms in total. The van der Waals surface area contributed by atoms with Gasteiger partial charge < -0.3 is 20.0 Å². The second-order valence-corrected chi connectivity index (χ2v) is 12.1. The van der Waals surface area contributed by atoms with Crippen molar-refractivity contribution in [2.45, 2.75) is 59.9 Å². The van der Waals surface area contributed by atoms with Crippen LogP contribution in [0, 0.1) is 25.7 Å². The zero-order chi connectivity index (χ0) is 28.4. The minimum absolute atomic E-state index is 0.0398. The molecule has 0 radical (unpaired) electrons. The SMILES string of the molecule is Cc1ccc(N2CCN(C(=O)CCC(=O)Nc3ccc4nc(N5C[C@H](C)C[C@@H](C)C5)cc(C)c4c3)C[C@@H]2C)cc1. The van der Waals surface area contributed by atoms with Crippen LogP contribution in [0.2, 0.25) is 0 Å². The van der Waals surface area contributed by atoms with E-state index in [-0.39, 0.29) is 30.7 Å². The highest BCUT2D eigenvalue weighted by atomic mass is 16.2. The summed E-state index contributed by atoms with van der Waals surface area (Å²) in [6, 6.07) is 16.8. The number of carbonyl (C=O) groups excluding carboxylic acids is 2. The number of rotatable bonds is 6. The van der Waals surface area contributed by atoms with E-state index < -0.39 is 0 Å². The fraction of sp³-hybridized carbons (Fsp3) is 0.485. The molecule has 3 atom stereocenters. The molecule has 0 aliphatic carbocycles. The van der Waals surface area contributed by atoms with Crippen molar-refractivity contribution in [3.63, 3.8) is 0 Å². The minimum atomic E-state index is -0.141. The van der Waals surface area contributed by atoms with Crippen LogP contribution in [0.5, 0.6) is 0 Å². The van der Waals surface area contributed by atoms with E-state index in [4.69, 9.17) is 4.98 Å². The predicted molar refractivity (Wildman–Crippen MR) is 164 cm³/mol. The van der Waals surface area contributed by atoms with E-state index in [0.717, 1.165) is 47.6 Å². The van der Waals surface area contributed by atoms with Crippen molar-refractivity contribution < 1.29 is 9.59 Å². The number of piperazine rings is 1. The zero-order valence-electron chi connectivity index (χ0n) is 24.6. The van der Waals surface area contributed by atoms with E-state index in [0.29, 0.717) is 24.9 Å². The van der Waals surface area contributed by atoms with Crippen molar-refractivity contribution >= 4 is 39.9 Å². The van der Waals surface area contributed by atoms with Crippen LogP contribution in [0.1, 0.15) is 51.2 Å². The summed E-state index contributed by atoms with van der Waals surface area (Å²) in [4.78, 5) is 37.3. The topological polar surface area (TPSA) is 68.8 Å². The van der Waals surface area contributed by atoms with Gasteiger partial charge in [-0.3, -0.25) is 9.59 Å². The fourth-order valence-electron chi connectivity index (χ4n) is 6.37. The summed E-state index contributed by atoms with van der Waals surface area (Å²) in [5.74, 6) is 2.26. The van der Waals surface area contributed by atoms with Gasteiger partial charge >= 0.3 is 0 Å². The number of nitrogens with one attached hydrogen (secondary N) is 1. The summed E-state index contributed by atoms with van der Waals surface area (Å²) in [7, 11) is 0. The number of aromatic nitrogens is 1. The predicted octanol–water partition coefficient (Wildman–Crippen LogP) is 5.79. The summed E-state index contributed by atoms with van der Waals surface area (Å²) in [6.45, 7) is 15.2. The Hall–Kier alpha value is -3.61. The van der Waals surface area contributed by atoms with E-state index in [1.54, 1.807) is 0 Å². The van der Waals surface area contributed by atoms with Gasteiger partial charge in [0.2, 0.25) is 11.8 Å². The number of fused-ring (bicyclic) bond motifs is 1. The Morgan fingerprint density at radius 3 is 2.33 bits per heavy atom. The molecule has 5 rings (SSSR count). The Kier molecular flexibility index (Phi) is 8.29. The number of nitrogens with zero attached hydrogens (tertiary/aromatic N) is 4. The standard InChI is InChI=1S/C33H43N5O2/c1-22-6-9-28(10-7-22)38-15-14-36(21-26(38)5)33(40)13-12-32(39)34-27-8-11-30-29(18-27)25(4)17-31(35-30)37-19-23(2)16-24(3)20-37/h6-11,17-18,23-24,26H,12-16,19-21H2,1-5H3,(H,34,39)/t23-,24-,26+/m1/s1. The van der Waals surface area contributed by atoms with Crippen LogP contribution in [0.25, 0.3) is 10.9 Å². The summed E-state index contributed by atoms with van der Waals surface area (Å²) in [5.41, 5.74) is 5.26. The quantitative estimate of drug-likeness (QED) is 0.428. The van der Waals surface area contributed by atoms with Gasteiger partial charge in [0, 0.05) is 68.4 Å². The molecule has 7 heteroatoms. The Morgan fingerprint density at radius 2 is 1.62 bits per heavy atom. The molecule has 1 aromatic heterocycles. The number of carbonyl (C=O) groups is 2. The van der Waals surface area contributed by atoms with Gasteiger partial charge in [-0.25, -0.2) is 4.98 Å². The smallest absolute Gasteiger partial charge is 0.224 e. The van der Waals surface area contributed by atoms with Crippen LogP contribution in [-0.2, 0) is 9.59 Å².